The topological polar surface area (TPSA) is 39.1 Å². The van der Waals surface area contributed by atoms with Gasteiger partial charge in [0.2, 0.25) is 0 Å². The Bertz CT molecular complexity index is 397. The molecule has 0 bridgehead atoms. The number of nitrogens with one attached hydrogen (secondary N) is 1. The van der Waals surface area contributed by atoms with Crippen LogP contribution in [0, 0.1) is 6.92 Å². The predicted molar refractivity (Wildman–Crippen MR) is 68.3 cm³/mol. The molecule has 0 aromatic carbocycles. The second kappa shape index (κ2) is 4.96. The van der Waals surface area contributed by atoms with Crippen molar-refractivity contribution in [2.75, 3.05) is 13.2 Å². The minimum absolute atomic E-state index is 0.153. The van der Waals surface area contributed by atoms with Gasteiger partial charge in [0, 0.05) is 32.3 Å². The quantitative estimate of drug-likeness (QED) is 0.901. The lowest BCUT2D eigenvalue weighted by Gasteiger charge is -2.34. The first-order valence-corrected chi connectivity index (χ1v) is 6.40. The van der Waals surface area contributed by atoms with Crippen molar-refractivity contribution < 1.29 is 4.74 Å². The van der Waals surface area contributed by atoms with Crippen LogP contribution in [0.3, 0.4) is 0 Å². The highest BCUT2D eigenvalue weighted by atomic mass is 35.5. The molecule has 2 heterocycles. The van der Waals surface area contributed by atoms with Crippen LogP contribution >= 0.6 is 11.6 Å². The number of hydrogen-bond donors (Lipinski definition) is 1. The van der Waals surface area contributed by atoms with Gasteiger partial charge in [0.05, 0.1) is 16.4 Å². The summed E-state index contributed by atoms with van der Waals surface area (Å²) in [4.78, 5) is 0. The zero-order valence-electron chi connectivity index (χ0n) is 10.7. The van der Waals surface area contributed by atoms with Crippen LogP contribution in [0.4, 0.5) is 0 Å². The summed E-state index contributed by atoms with van der Waals surface area (Å²) in [7, 11) is 1.93. The summed E-state index contributed by atoms with van der Waals surface area (Å²) < 4.78 is 7.24. The van der Waals surface area contributed by atoms with Crippen LogP contribution < -0.4 is 5.32 Å². The van der Waals surface area contributed by atoms with Crippen LogP contribution in [0.1, 0.15) is 31.2 Å². The van der Waals surface area contributed by atoms with Gasteiger partial charge in [0.15, 0.2) is 0 Å². The van der Waals surface area contributed by atoms with Crippen LogP contribution in [0.5, 0.6) is 0 Å². The van der Waals surface area contributed by atoms with Gasteiger partial charge in [-0.3, -0.25) is 4.68 Å². The third-order valence-electron chi connectivity index (χ3n) is 3.54. The third-order valence-corrected chi connectivity index (χ3v) is 4.03. The molecule has 0 atom stereocenters. The van der Waals surface area contributed by atoms with E-state index in [0.717, 1.165) is 49.0 Å². The Kier molecular flexibility index (Phi) is 3.76. The Hall–Kier alpha value is -0.580. The molecule has 0 aliphatic carbocycles. The first kappa shape index (κ1) is 12.9. The van der Waals surface area contributed by atoms with Crippen LogP contribution in [-0.4, -0.2) is 28.5 Å². The van der Waals surface area contributed by atoms with E-state index in [4.69, 9.17) is 16.3 Å². The van der Waals surface area contributed by atoms with E-state index in [-0.39, 0.29) is 5.54 Å². The molecule has 0 unspecified atom stereocenters. The van der Waals surface area contributed by atoms with Crippen LogP contribution in [0.2, 0.25) is 5.02 Å². The van der Waals surface area contributed by atoms with E-state index in [1.807, 2.05) is 18.7 Å². The Morgan fingerprint density at radius 2 is 2.12 bits per heavy atom. The molecule has 17 heavy (non-hydrogen) atoms. The van der Waals surface area contributed by atoms with Crippen molar-refractivity contribution in [1.82, 2.24) is 15.1 Å². The number of aryl methyl sites for hydroxylation is 2. The van der Waals surface area contributed by atoms with Crippen molar-refractivity contribution in [3.8, 4) is 0 Å². The van der Waals surface area contributed by atoms with Crippen molar-refractivity contribution in [2.24, 2.45) is 7.05 Å². The van der Waals surface area contributed by atoms with Crippen molar-refractivity contribution >= 4 is 11.6 Å². The molecule has 1 aliphatic heterocycles. The Labute approximate surface area is 107 Å². The molecule has 0 radical (unpaired) electrons. The smallest absolute Gasteiger partial charge is 0.0860 e. The highest BCUT2D eigenvalue weighted by Gasteiger charge is 2.27. The lowest BCUT2D eigenvalue weighted by molar-refractivity contribution is 0.0444. The first-order chi connectivity index (χ1) is 8.02. The molecule has 1 aromatic heterocycles. The highest BCUT2D eigenvalue weighted by molar-refractivity contribution is 6.31. The van der Waals surface area contributed by atoms with Gasteiger partial charge in [-0.05, 0) is 26.7 Å². The first-order valence-electron chi connectivity index (χ1n) is 6.02. The van der Waals surface area contributed by atoms with E-state index in [0.29, 0.717) is 0 Å². The molecule has 2 rings (SSSR count). The maximum absolute atomic E-state index is 6.23. The molecular formula is C12H20ClN3O. The largest absolute Gasteiger partial charge is 0.381 e. The third kappa shape index (κ3) is 2.81. The number of hydrogen-bond acceptors (Lipinski definition) is 3. The van der Waals surface area contributed by atoms with Gasteiger partial charge < -0.3 is 10.1 Å². The SMILES string of the molecule is Cc1nn(C)c(CNC2(C)CCOCC2)c1Cl. The summed E-state index contributed by atoms with van der Waals surface area (Å²) >= 11 is 6.23. The summed E-state index contributed by atoms with van der Waals surface area (Å²) in [5.41, 5.74) is 2.10. The van der Waals surface area contributed by atoms with Gasteiger partial charge in [-0.15, -0.1) is 0 Å². The van der Waals surface area contributed by atoms with Gasteiger partial charge in [-0.25, -0.2) is 0 Å². The lowest BCUT2D eigenvalue weighted by Crippen LogP contribution is -2.46. The van der Waals surface area contributed by atoms with E-state index in [2.05, 4.69) is 17.3 Å². The lowest BCUT2D eigenvalue weighted by atomic mass is 9.92. The van der Waals surface area contributed by atoms with Gasteiger partial charge >= 0.3 is 0 Å². The maximum atomic E-state index is 6.23. The van der Waals surface area contributed by atoms with E-state index >= 15 is 0 Å². The Balaban J connectivity index is 2.01. The van der Waals surface area contributed by atoms with Gasteiger partial charge in [0.25, 0.3) is 0 Å². The molecule has 1 saturated heterocycles. The number of ether oxygens (including phenoxy) is 1. The minimum Gasteiger partial charge on any atom is -0.381 e. The summed E-state index contributed by atoms with van der Waals surface area (Å²) in [6.45, 7) is 6.60. The van der Waals surface area contributed by atoms with Gasteiger partial charge in [-0.2, -0.15) is 5.10 Å². The second-order valence-electron chi connectivity index (χ2n) is 5.00. The molecule has 0 amide bonds. The minimum atomic E-state index is 0.153. The zero-order chi connectivity index (χ0) is 12.5. The fourth-order valence-corrected chi connectivity index (χ4v) is 2.39. The zero-order valence-corrected chi connectivity index (χ0v) is 11.5. The standard InChI is InChI=1S/C12H20ClN3O/c1-9-11(13)10(16(3)15-9)8-14-12(2)4-6-17-7-5-12/h14H,4-8H2,1-3H3. The van der Waals surface area contributed by atoms with E-state index in [9.17, 15) is 0 Å². The number of halogens is 1. The predicted octanol–water partition coefficient (Wildman–Crippen LogP) is 2.04. The molecule has 5 heteroatoms. The van der Waals surface area contributed by atoms with Crippen molar-refractivity contribution in [1.29, 1.82) is 0 Å². The summed E-state index contributed by atoms with van der Waals surface area (Å²) in [6.07, 6.45) is 2.09. The molecule has 1 fully saturated rings. The second-order valence-corrected chi connectivity index (χ2v) is 5.37. The molecule has 4 nitrogen and oxygen atoms in total. The molecule has 1 aliphatic rings. The van der Waals surface area contributed by atoms with Crippen LogP contribution in [-0.2, 0) is 18.3 Å². The van der Waals surface area contributed by atoms with Crippen LogP contribution in [0.15, 0.2) is 0 Å². The van der Waals surface area contributed by atoms with E-state index in [1.165, 1.54) is 0 Å². The monoisotopic (exact) mass is 257 g/mol. The number of aromatic nitrogens is 2. The number of nitrogens with zero attached hydrogens (tertiary/aromatic N) is 2. The van der Waals surface area contributed by atoms with E-state index < -0.39 is 0 Å². The summed E-state index contributed by atoms with van der Waals surface area (Å²) in [6, 6.07) is 0. The molecular weight excluding hydrogens is 238 g/mol. The molecule has 1 aromatic rings. The average Bonchev–Trinajstić information content (AvgIpc) is 2.52. The fraction of sp³-hybridized carbons (Fsp3) is 0.750. The molecule has 96 valence electrons. The van der Waals surface area contributed by atoms with Crippen molar-refractivity contribution in [2.45, 2.75) is 38.8 Å². The highest BCUT2D eigenvalue weighted by Crippen LogP contribution is 2.23. The summed E-state index contributed by atoms with van der Waals surface area (Å²) in [5.74, 6) is 0. The van der Waals surface area contributed by atoms with Gasteiger partial charge in [0.1, 0.15) is 0 Å². The van der Waals surface area contributed by atoms with Crippen molar-refractivity contribution in [3.63, 3.8) is 0 Å². The normalized spacial score (nSPS) is 19.5. The number of rotatable bonds is 3. The molecule has 0 saturated carbocycles. The Morgan fingerprint density at radius 3 is 2.65 bits per heavy atom. The Morgan fingerprint density at radius 1 is 1.47 bits per heavy atom. The molecule has 1 N–H and O–H groups in total. The van der Waals surface area contributed by atoms with Crippen LogP contribution in [0.25, 0.3) is 0 Å². The molecule has 0 spiro atoms. The van der Waals surface area contributed by atoms with Crippen molar-refractivity contribution in [3.05, 3.63) is 16.4 Å². The maximum Gasteiger partial charge on any atom is 0.0860 e. The summed E-state index contributed by atoms with van der Waals surface area (Å²) in [5, 5.41) is 8.67. The van der Waals surface area contributed by atoms with Gasteiger partial charge in [-0.1, -0.05) is 11.6 Å². The average molecular weight is 258 g/mol. The van der Waals surface area contributed by atoms with E-state index in [1.54, 1.807) is 0 Å². The fourth-order valence-electron chi connectivity index (χ4n) is 2.17.